The summed E-state index contributed by atoms with van der Waals surface area (Å²) in [5.74, 6) is 1.54. The summed E-state index contributed by atoms with van der Waals surface area (Å²) < 4.78 is 5.10. The number of aromatic nitrogens is 2. The van der Waals surface area contributed by atoms with Crippen molar-refractivity contribution in [2.75, 3.05) is 0 Å². The molecule has 1 heterocycles. The molecule has 0 saturated heterocycles. The zero-order valence-electron chi connectivity index (χ0n) is 27.7. The molecule has 2 heteroatoms. The third kappa shape index (κ3) is 18.6. The highest BCUT2D eigenvalue weighted by Crippen LogP contribution is 2.15. The molecule has 1 aromatic heterocycles. The van der Waals surface area contributed by atoms with E-state index in [1.54, 1.807) is 5.82 Å². The summed E-state index contributed by atoms with van der Waals surface area (Å²) in [6, 6.07) is 11.0. The molecule has 41 heavy (non-hydrogen) atoms. The summed E-state index contributed by atoms with van der Waals surface area (Å²) in [6.07, 6.45) is 41.5. The third-order valence-corrected chi connectivity index (χ3v) is 9.04. The Morgan fingerprint density at radius 1 is 0.488 bits per heavy atom. The van der Waals surface area contributed by atoms with E-state index in [0.29, 0.717) is 0 Å². The summed E-state index contributed by atoms with van der Waals surface area (Å²) in [5, 5.41) is 0. The van der Waals surface area contributed by atoms with E-state index in [-0.39, 0.29) is 0 Å². The second-order valence-corrected chi connectivity index (χ2v) is 12.9. The molecule has 0 N–H and O–H groups in total. The summed E-state index contributed by atoms with van der Waals surface area (Å²) in [5.41, 5.74) is 1.41. The van der Waals surface area contributed by atoms with Gasteiger partial charge >= 0.3 is 0 Å². The second kappa shape index (κ2) is 26.1. The van der Waals surface area contributed by atoms with Crippen molar-refractivity contribution in [3.05, 3.63) is 54.1 Å². The van der Waals surface area contributed by atoms with E-state index in [2.05, 4.69) is 65.7 Å². The van der Waals surface area contributed by atoms with Crippen molar-refractivity contribution >= 4 is 0 Å². The molecule has 0 unspecified atom stereocenters. The lowest BCUT2D eigenvalue weighted by molar-refractivity contribution is -0.695. The van der Waals surface area contributed by atoms with Crippen LogP contribution in [0.2, 0.25) is 0 Å². The smallest absolute Gasteiger partial charge is 0.234 e. The molecule has 0 amide bonds. The van der Waals surface area contributed by atoms with Crippen molar-refractivity contribution in [2.45, 2.75) is 194 Å². The third-order valence-electron chi connectivity index (χ3n) is 9.04. The molecule has 0 spiro atoms. The van der Waals surface area contributed by atoms with Gasteiger partial charge < -0.3 is 0 Å². The molecular formula is C39H69N2+. The number of rotatable bonds is 29. The Morgan fingerprint density at radius 2 is 0.902 bits per heavy atom. The number of aryl methyl sites for hydroxylation is 1. The lowest BCUT2D eigenvalue weighted by Gasteiger charge is -2.07. The van der Waals surface area contributed by atoms with Gasteiger partial charge in [0.1, 0.15) is 18.9 Å². The van der Waals surface area contributed by atoms with Crippen LogP contribution in [0.25, 0.3) is 0 Å². The number of imidazole rings is 1. The molecule has 0 fully saturated rings. The van der Waals surface area contributed by atoms with Gasteiger partial charge in [0.25, 0.3) is 5.82 Å². The zero-order chi connectivity index (χ0) is 29.1. The fraction of sp³-hybridized carbons (Fsp3) is 0.769. The van der Waals surface area contributed by atoms with Crippen LogP contribution in [0.4, 0.5) is 0 Å². The molecule has 0 aliphatic heterocycles. The van der Waals surface area contributed by atoms with E-state index in [9.17, 15) is 0 Å². The number of hydrogen-bond donors (Lipinski definition) is 0. The SMILES string of the molecule is CCCCCCCCCCCCCCCCCn1cc[n+](Cc2ccccc2)c1CCCCCCCCCCCC. The maximum absolute atomic E-state index is 2.58. The minimum atomic E-state index is 1.000. The van der Waals surface area contributed by atoms with E-state index >= 15 is 0 Å². The quantitative estimate of drug-likeness (QED) is 0.0685. The maximum Gasteiger partial charge on any atom is 0.256 e. The van der Waals surface area contributed by atoms with Gasteiger partial charge in [0.15, 0.2) is 0 Å². The van der Waals surface area contributed by atoms with Gasteiger partial charge in [-0.3, -0.25) is 0 Å². The van der Waals surface area contributed by atoms with Crippen molar-refractivity contribution in [1.29, 1.82) is 0 Å². The Bertz CT molecular complexity index is 808. The molecule has 1 aromatic carbocycles. The van der Waals surface area contributed by atoms with Crippen LogP contribution in [0, 0.1) is 0 Å². The summed E-state index contributed by atoms with van der Waals surface area (Å²) in [6.45, 7) is 6.80. The van der Waals surface area contributed by atoms with Crippen LogP contribution in [0.1, 0.15) is 186 Å². The summed E-state index contributed by atoms with van der Waals surface area (Å²) in [7, 11) is 0. The molecule has 0 radical (unpaired) electrons. The Balaban J connectivity index is 1.60. The Hall–Kier alpha value is -1.57. The summed E-state index contributed by atoms with van der Waals surface area (Å²) >= 11 is 0. The molecule has 2 nitrogen and oxygen atoms in total. The highest BCUT2D eigenvalue weighted by atomic mass is 15.1. The van der Waals surface area contributed by atoms with Gasteiger partial charge in [-0.15, -0.1) is 0 Å². The fourth-order valence-corrected chi connectivity index (χ4v) is 6.34. The largest absolute Gasteiger partial charge is 0.256 e. The summed E-state index contributed by atoms with van der Waals surface area (Å²) in [4.78, 5) is 0. The number of benzene rings is 1. The van der Waals surface area contributed by atoms with Crippen LogP contribution in [0.15, 0.2) is 42.7 Å². The van der Waals surface area contributed by atoms with Crippen LogP contribution in [-0.4, -0.2) is 4.57 Å². The van der Waals surface area contributed by atoms with Crippen LogP contribution < -0.4 is 4.57 Å². The lowest BCUT2D eigenvalue weighted by Crippen LogP contribution is -2.37. The lowest BCUT2D eigenvalue weighted by atomic mass is 10.0. The first-order valence-electron chi connectivity index (χ1n) is 18.5. The highest BCUT2D eigenvalue weighted by Gasteiger charge is 2.17. The normalized spacial score (nSPS) is 11.5. The molecule has 2 rings (SSSR count). The van der Waals surface area contributed by atoms with E-state index < -0.39 is 0 Å². The van der Waals surface area contributed by atoms with Crippen molar-refractivity contribution in [1.82, 2.24) is 4.57 Å². The van der Waals surface area contributed by atoms with Crippen LogP contribution in [0.5, 0.6) is 0 Å². The van der Waals surface area contributed by atoms with Crippen molar-refractivity contribution in [3.8, 4) is 0 Å². The molecule has 0 saturated carbocycles. The van der Waals surface area contributed by atoms with Gasteiger partial charge in [0, 0.05) is 6.42 Å². The zero-order valence-corrected chi connectivity index (χ0v) is 27.7. The standard InChI is InChI=1S/C39H69N2/c1-3-5-7-9-11-13-15-16-17-18-19-21-23-25-30-34-40-35-36-41(37-38-31-27-26-28-32-38)39(40)33-29-24-22-20-14-12-10-8-6-4-2/h26-28,31-32,35-36H,3-25,29-30,33-34,37H2,1-2H3/q+1. The van der Waals surface area contributed by atoms with E-state index in [1.807, 2.05) is 0 Å². The second-order valence-electron chi connectivity index (χ2n) is 12.9. The number of nitrogens with zero attached hydrogens (tertiary/aromatic N) is 2. The molecule has 0 aliphatic rings. The van der Waals surface area contributed by atoms with E-state index in [4.69, 9.17) is 0 Å². The first-order valence-corrected chi connectivity index (χ1v) is 18.5. The van der Waals surface area contributed by atoms with E-state index in [0.717, 1.165) is 6.54 Å². The topological polar surface area (TPSA) is 8.81 Å². The monoisotopic (exact) mass is 566 g/mol. The maximum atomic E-state index is 2.58. The van der Waals surface area contributed by atoms with Gasteiger partial charge in [-0.25, -0.2) is 9.13 Å². The number of hydrogen-bond acceptors (Lipinski definition) is 0. The first kappa shape index (κ1) is 35.6. The molecule has 234 valence electrons. The molecule has 0 atom stereocenters. The van der Waals surface area contributed by atoms with Crippen molar-refractivity contribution in [3.63, 3.8) is 0 Å². The molecule has 0 aliphatic carbocycles. The van der Waals surface area contributed by atoms with Gasteiger partial charge in [-0.2, -0.15) is 0 Å². The van der Waals surface area contributed by atoms with Crippen molar-refractivity contribution < 1.29 is 4.57 Å². The molecular weight excluding hydrogens is 496 g/mol. The minimum absolute atomic E-state index is 1.000. The predicted octanol–water partition coefficient (Wildman–Crippen LogP) is 12.2. The highest BCUT2D eigenvalue weighted by molar-refractivity contribution is 5.13. The van der Waals surface area contributed by atoms with Crippen molar-refractivity contribution in [2.24, 2.45) is 0 Å². The van der Waals surface area contributed by atoms with Crippen LogP contribution >= 0.6 is 0 Å². The average Bonchev–Trinajstić information content (AvgIpc) is 3.37. The van der Waals surface area contributed by atoms with Gasteiger partial charge in [0.2, 0.25) is 0 Å². The van der Waals surface area contributed by atoms with Crippen LogP contribution in [0.3, 0.4) is 0 Å². The average molecular weight is 566 g/mol. The Labute approximate surface area is 256 Å². The van der Waals surface area contributed by atoms with E-state index in [1.165, 1.54) is 179 Å². The van der Waals surface area contributed by atoms with Gasteiger partial charge in [0.05, 0.1) is 6.54 Å². The Morgan fingerprint density at radius 3 is 1.37 bits per heavy atom. The first-order chi connectivity index (χ1) is 20.3. The number of unbranched alkanes of at least 4 members (excludes halogenated alkanes) is 23. The predicted molar refractivity (Wildman–Crippen MR) is 181 cm³/mol. The Kier molecular flexibility index (Phi) is 22.7. The fourth-order valence-electron chi connectivity index (χ4n) is 6.34. The molecule has 2 aromatic rings. The molecule has 0 bridgehead atoms. The minimum Gasteiger partial charge on any atom is -0.234 e. The van der Waals surface area contributed by atoms with Gasteiger partial charge in [-0.1, -0.05) is 185 Å². The van der Waals surface area contributed by atoms with Gasteiger partial charge in [-0.05, 0) is 24.8 Å². The van der Waals surface area contributed by atoms with Crippen LogP contribution in [-0.2, 0) is 19.5 Å².